The van der Waals surface area contributed by atoms with Crippen molar-refractivity contribution >= 4 is 23.6 Å². The molecule has 4 nitrogen and oxygen atoms in total. The van der Waals surface area contributed by atoms with Gasteiger partial charge < -0.3 is 10.2 Å². The minimum atomic E-state index is -0.507. The maximum absolute atomic E-state index is 12.8. The van der Waals surface area contributed by atoms with Crippen LogP contribution in [0, 0.1) is 6.92 Å². The van der Waals surface area contributed by atoms with Crippen LogP contribution in [-0.2, 0) is 21.9 Å². The van der Waals surface area contributed by atoms with E-state index in [-0.39, 0.29) is 11.8 Å². The predicted molar refractivity (Wildman–Crippen MR) is 108 cm³/mol. The highest BCUT2D eigenvalue weighted by molar-refractivity contribution is 7.99. The number of rotatable bonds is 8. The number of carbonyl (C=O) groups is 2. The Kier molecular flexibility index (Phi) is 7.73. The van der Waals surface area contributed by atoms with E-state index in [0.29, 0.717) is 12.3 Å². The molecule has 138 valence electrons. The zero-order valence-electron chi connectivity index (χ0n) is 15.6. The van der Waals surface area contributed by atoms with E-state index in [1.807, 2.05) is 36.4 Å². The van der Waals surface area contributed by atoms with Crippen molar-refractivity contribution in [3.63, 3.8) is 0 Å². The molecule has 0 aliphatic heterocycles. The first-order valence-corrected chi connectivity index (χ1v) is 9.85. The van der Waals surface area contributed by atoms with Gasteiger partial charge in [0, 0.05) is 19.3 Å². The second-order valence-corrected chi connectivity index (χ2v) is 7.26. The van der Waals surface area contributed by atoms with Crippen LogP contribution in [-0.4, -0.2) is 35.6 Å². The average molecular weight is 371 g/mol. The minimum absolute atomic E-state index is 0.0254. The van der Waals surface area contributed by atoms with E-state index in [1.54, 1.807) is 30.6 Å². The summed E-state index contributed by atoms with van der Waals surface area (Å²) in [5, 5.41) is 2.63. The van der Waals surface area contributed by atoms with E-state index in [9.17, 15) is 9.59 Å². The Morgan fingerprint density at radius 2 is 1.77 bits per heavy atom. The number of nitrogens with zero attached hydrogens (tertiary/aromatic N) is 1. The average Bonchev–Trinajstić information content (AvgIpc) is 2.65. The number of hydrogen-bond acceptors (Lipinski definition) is 3. The molecule has 0 aromatic heterocycles. The highest BCUT2D eigenvalue weighted by atomic mass is 32.2. The van der Waals surface area contributed by atoms with Crippen LogP contribution >= 0.6 is 11.8 Å². The summed E-state index contributed by atoms with van der Waals surface area (Å²) in [4.78, 5) is 26.5. The summed E-state index contributed by atoms with van der Waals surface area (Å²) in [6.07, 6.45) is 0. The van der Waals surface area contributed by atoms with E-state index in [4.69, 9.17) is 0 Å². The summed E-state index contributed by atoms with van der Waals surface area (Å²) < 4.78 is 0. The van der Waals surface area contributed by atoms with Crippen molar-refractivity contribution in [2.45, 2.75) is 32.2 Å². The van der Waals surface area contributed by atoms with Gasteiger partial charge in [0.1, 0.15) is 6.04 Å². The molecule has 0 radical (unpaired) electrons. The molecule has 0 unspecified atom stereocenters. The van der Waals surface area contributed by atoms with Gasteiger partial charge in [0.05, 0.1) is 5.75 Å². The van der Waals surface area contributed by atoms with Crippen LogP contribution in [0.5, 0.6) is 0 Å². The molecule has 2 rings (SSSR count). The van der Waals surface area contributed by atoms with Crippen LogP contribution in [0.25, 0.3) is 0 Å². The largest absolute Gasteiger partial charge is 0.357 e. The van der Waals surface area contributed by atoms with Crippen molar-refractivity contribution in [1.82, 2.24) is 10.2 Å². The smallest absolute Gasteiger partial charge is 0.242 e. The molecular formula is C21H26N2O2S. The third-order valence-electron chi connectivity index (χ3n) is 4.19. The van der Waals surface area contributed by atoms with E-state index in [2.05, 4.69) is 30.4 Å². The Balaban J connectivity index is 2.01. The van der Waals surface area contributed by atoms with Crippen molar-refractivity contribution in [3.8, 4) is 0 Å². The van der Waals surface area contributed by atoms with E-state index < -0.39 is 6.04 Å². The molecule has 0 spiro atoms. The highest BCUT2D eigenvalue weighted by Gasteiger charge is 2.25. The minimum Gasteiger partial charge on any atom is -0.357 e. The van der Waals surface area contributed by atoms with Gasteiger partial charge in [0.15, 0.2) is 0 Å². The number of nitrogens with one attached hydrogen (secondary N) is 1. The lowest BCUT2D eigenvalue weighted by Crippen LogP contribution is -2.47. The summed E-state index contributed by atoms with van der Waals surface area (Å²) in [7, 11) is 1.59. The molecule has 5 heteroatoms. The van der Waals surface area contributed by atoms with E-state index in [0.717, 1.165) is 11.3 Å². The SMILES string of the molecule is CNC(=O)[C@H](C)N(Cc1ccccc1)C(=O)CSCc1cccc(C)c1. The van der Waals surface area contributed by atoms with Crippen LogP contribution in [0.2, 0.25) is 0 Å². The molecule has 1 N–H and O–H groups in total. The zero-order valence-corrected chi connectivity index (χ0v) is 16.4. The Morgan fingerprint density at radius 1 is 1.08 bits per heavy atom. The number of carbonyl (C=O) groups excluding carboxylic acids is 2. The molecule has 2 amide bonds. The van der Waals surface area contributed by atoms with E-state index >= 15 is 0 Å². The normalized spacial score (nSPS) is 11.7. The van der Waals surface area contributed by atoms with Crippen molar-refractivity contribution in [2.75, 3.05) is 12.8 Å². The summed E-state index contributed by atoms with van der Waals surface area (Å²) in [5.74, 6) is 0.948. The van der Waals surface area contributed by atoms with Gasteiger partial charge in [-0.15, -0.1) is 11.8 Å². The van der Waals surface area contributed by atoms with Gasteiger partial charge in [-0.05, 0) is 25.0 Å². The van der Waals surface area contributed by atoms with Gasteiger partial charge in [-0.25, -0.2) is 0 Å². The van der Waals surface area contributed by atoms with Crippen LogP contribution in [0.4, 0.5) is 0 Å². The van der Waals surface area contributed by atoms with Gasteiger partial charge in [0.25, 0.3) is 0 Å². The first-order chi connectivity index (χ1) is 12.5. The molecule has 26 heavy (non-hydrogen) atoms. The molecule has 2 aromatic carbocycles. The number of benzene rings is 2. The number of aryl methyl sites for hydroxylation is 1. The standard InChI is InChI=1S/C21H26N2O2S/c1-16-8-7-11-19(12-16)14-26-15-20(24)23(17(2)21(25)22-3)13-18-9-5-4-6-10-18/h4-12,17H,13-15H2,1-3H3,(H,22,25)/t17-/m0/s1. The predicted octanol–water partition coefficient (Wildman–Crippen LogP) is 3.39. The topological polar surface area (TPSA) is 49.4 Å². The van der Waals surface area contributed by atoms with Gasteiger partial charge in [0.2, 0.25) is 11.8 Å². The van der Waals surface area contributed by atoms with Crippen molar-refractivity contribution in [1.29, 1.82) is 0 Å². The van der Waals surface area contributed by atoms with Crippen LogP contribution in [0.1, 0.15) is 23.6 Å². The quantitative estimate of drug-likeness (QED) is 0.775. The van der Waals surface area contributed by atoms with Gasteiger partial charge in [-0.1, -0.05) is 60.2 Å². The molecule has 0 heterocycles. The van der Waals surface area contributed by atoms with E-state index in [1.165, 1.54) is 11.1 Å². The third kappa shape index (κ3) is 5.92. The number of hydrogen-bond donors (Lipinski definition) is 1. The molecule has 1 atom stereocenters. The first kappa shape index (κ1) is 20.0. The fourth-order valence-electron chi connectivity index (χ4n) is 2.71. The first-order valence-electron chi connectivity index (χ1n) is 8.69. The second-order valence-electron chi connectivity index (χ2n) is 6.28. The Morgan fingerprint density at radius 3 is 2.42 bits per heavy atom. The van der Waals surface area contributed by atoms with Crippen LogP contribution < -0.4 is 5.32 Å². The zero-order chi connectivity index (χ0) is 18.9. The molecule has 2 aromatic rings. The summed E-state index contributed by atoms with van der Waals surface area (Å²) in [5.41, 5.74) is 3.44. The summed E-state index contributed by atoms with van der Waals surface area (Å²) >= 11 is 1.58. The monoisotopic (exact) mass is 370 g/mol. The lowest BCUT2D eigenvalue weighted by atomic mass is 10.1. The lowest BCUT2D eigenvalue weighted by Gasteiger charge is -2.28. The second kappa shape index (κ2) is 10.0. The number of amides is 2. The van der Waals surface area contributed by atoms with Gasteiger partial charge in [-0.3, -0.25) is 9.59 Å². The molecule has 0 bridgehead atoms. The maximum Gasteiger partial charge on any atom is 0.242 e. The van der Waals surface area contributed by atoms with Crippen LogP contribution in [0.3, 0.4) is 0 Å². The fraction of sp³-hybridized carbons (Fsp3) is 0.333. The summed E-state index contributed by atoms with van der Waals surface area (Å²) in [6, 6.07) is 17.5. The molecule has 0 fully saturated rings. The highest BCUT2D eigenvalue weighted by Crippen LogP contribution is 2.16. The molecule has 0 aliphatic rings. The Labute approximate surface area is 160 Å². The summed E-state index contributed by atoms with van der Waals surface area (Å²) in [6.45, 7) is 4.26. The van der Waals surface area contributed by atoms with Gasteiger partial charge >= 0.3 is 0 Å². The lowest BCUT2D eigenvalue weighted by molar-refractivity contribution is -0.138. The van der Waals surface area contributed by atoms with Crippen molar-refractivity contribution < 1.29 is 9.59 Å². The number of thioether (sulfide) groups is 1. The van der Waals surface area contributed by atoms with Gasteiger partial charge in [-0.2, -0.15) is 0 Å². The fourth-order valence-corrected chi connectivity index (χ4v) is 3.57. The maximum atomic E-state index is 12.8. The Bertz CT molecular complexity index is 734. The Hall–Kier alpha value is -2.27. The van der Waals surface area contributed by atoms with Crippen LogP contribution in [0.15, 0.2) is 54.6 Å². The number of likely N-dealkylation sites (N-methyl/N-ethyl adjacent to an activating group) is 1. The molecular weight excluding hydrogens is 344 g/mol. The molecule has 0 saturated carbocycles. The molecule has 0 saturated heterocycles. The third-order valence-corrected chi connectivity index (χ3v) is 5.17. The molecule has 0 aliphatic carbocycles. The van der Waals surface area contributed by atoms with Crippen molar-refractivity contribution in [3.05, 3.63) is 71.3 Å². The van der Waals surface area contributed by atoms with Crippen molar-refractivity contribution in [2.24, 2.45) is 0 Å².